The summed E-state index contributed by atoms with van der Waals surface area (Å²) in [6, 6.07) is 9.80. The fourth-order valence-corrected chi connectivity index (χ4v) is 2.98. The Hall–Kier alpha value is -3.22. The number of nitrogens with zero attached hydrogens (tertiary/aromatic N) is 5. The number of hydrogen-bond acceptors (Lipinski definition) is 5. The van der Waals surface area contributed by atoms with E-state index in [0.29, 0.717) is 18.9 Å². The van der Waals surface area contributed by atoms with Crippen molar-refractivity contribution in [3.05, 3.63) is 60.2 Å². The first-order chi connectivity index (χ1) is 12.6. The molecule has 7 heteroatoms. The van der Waals surface area contributed by atoms with Gasteiger partial charge in [-0.3, -0.25) is 4.79 Å². The van der Waals surface area contributed by atoms with Crippen molar-refractivity contribution >= 4 is 17.4 Å². The highest BCUT2D eigenvalue weighted by Crippen LogP contribution is 2.25. The van der Waals surface area contributed by atoms with Gasteiger partial charge in [-0.25, -0.2) is 14.6 Å². The van der Waals surface area contributed by atoms with Crippen LogP contribution >= 0.6 is 0 Å². The van der Waals surface area contributed by atoms with Crippen molar-refractivity contribution < 1.29 is 4.79 Å². The highest BCUT2D eigenvalue weighted by atomic mass is 16.2. The van der Waals surface area contributed by atoms with Crippen LogP contribution in [-0.2, 0) is 4.79 Å². The topological polar surface area (TPSA) is 75.9 Å². The maximum absolute atomic E-state index is 12.5. The number of aromatic nitrogens is 4. The molecule has 1 amide bonds. The molecule has 0 unspecified atom stereocenters. The molecule has 7 nitrogen and oxygen atoms in total. The van der Waals surface area contributed by atoms with E-state index >= 15 is 0 Å². The predicted molar refractivity (Wildman–Crippen MR) is 99.4 cm³/mol. The number of carbonyl (C=O) groups is 1. The lowest BCUT2D eigenvalue weighted by Crippen LogP contribution is -2.52. The van der Waals surface area contributed by atoms with Crippen LogP contribution in [0.2, 0.25) is 0 Å². The molecule has 26 heavy (non-hydrogen) atoms. The van der Waals surface area contributed by atoms with Gasteiger partial charge in [-0.2, -0.15) is 5.10 Å². The summed E-state index contributed by atoms with van der Waals surface area (Å²) in [4.78, 5) is 23.1. The van der Waals surface area contributed by atoms with Crippen LogP contribution in [0.5, 0.6) is 0 Å². The van der Waals surface area contributed by atoms with Gasteiger partial charge < -0.3 is 10.2 Å². The molecule has 0 bridgehead atoms. The molecule has 1 N–H and O–H groups in total. The summed E-state index contributed by atoms with van der Waals surface area (Å²) in [5, 5.41) is 7.23. The van der Waals surface area contributed by atoms with Crippen molar-refractivity contribution in [2.75, 3.05) is 23.3 Å². The molecule has 132 valence electrons. The minimum Gasteiger partial charge on any atom is -0.355 e. The Morgan fingerprint density at radius 3 is 2.73 bits per heavy atom. The molecule has 2 aromatic heterocycles. The van der Waals surface area contributed by atoms with Gasteiger partial charge in [-0.05, 0) is 37.1 Å². The summed E-state index contributed by atoms with van der Waals surface area (Å²) >= 11 is 0. The lowest BCUT2D eigenvalue weighted by atomic mass is 9.98. The number of benzene rings is 1. The average Bonchev–Trinajstić information content (AvgIpc) is 3.12. The van der Waals surface area contributed by atoms with E-state index < -0.39 is 0 Å². The fourth-order valence-electron chi connectivity index (χ4n) is 2.98. The largest absolute Gasteiger partial charge is 0.355 e. The Morgan fingerprint density at radius 2 is 1.96 bits per heavy atom. The van der Waals surface area contributed by atoms with E-state index in [0.717, 1.165) is 22.6 Å². The van der Waals surface area contributed by atoms with Gasteiger partial charge in [-0.1, -0.05) is 12.1 Å². The molecular formula is C19H20N6O. The number of hydrogen-bond donors (Lipinski definition) is 1. The van der Waals surface area contributed by atoms with Crippen molar-refractivity contribution in [2.24, 2.45) is 5.92 Å². The van der Waals surface area contributed by atoms with Crippen LogP contribution in [0.3, 0.4) is 0 Å². The predicted octanol–water partition coefficient (Wildman–Crippen LogP) is 2.35. The van der Waals surface area contributed by atoms with E-state index in [1.165, 1.54) is 6.33 Å². The smallest absolute Gasteiger partial charge is 0.231 e. The van der Waals surface area contributed by atoms with Crippen molar-refractivity contribution in [2.45, 2.75) is 13.8 Å². The standard InChI is InChI=1S/C19H20N6O/c1-13-4-5-14(2)16(8-13)23-19(26)15-10-24(11-15)17-9-18(21-12-20-17)25-7-3-6-22-25/h3-9,12,15H,10-11H2,1-2H3,(H,23,26). The van der Waals surface area contributed by atoms with Gasteiger partial charge in [0.15, 0.2) is 5.82 Å². The Bertz CT molecular complexity index is 931. The van der Waals surface area contributed by atoms with Gasteiger partial charge >= 0.3 is 0 Å². The Labute approximate surface area is 151 Å². The van der Waals surface area contributed by atoms with Crippen LogP contribution in [0.1, 0.15) is 11.1 Å². The van der Waals surface area contributed by atoms with E-state index in [1.807, 2.05) is 50.4 Å². The molecule has 0 spiro atoms. The second-order valence-corrected chi connectivity index (χ2v) is 6.59. The molecule has 1 aromatic carbocycles. The summed E-state index contributed by atoms with van der Waals surface area (Å²) in [5.41, 5.74) is 3.09. The third-order valence-electron chi connectivity index (χ3n) is 4.60. The van der Waals surface area contributed by atoms with E-state index in [9.17, 15) is 4.79 Å². The molecule has 0 atom stereocenters. The molecule has 1 aliphatic heterocycles. The Balaban J connectivity index is 1.40. The third kappa shape index (κ3) is 3.15. The molecule has 4 rings (SSSR count). The second-order valence-electron chi connectivity index (χ2n) is 6.59. The van der Waals surface area contributed by atoms with Gasteiger partial charge in [0.1, 0.15) is 12.1 Å². The van der Waals surface area contributed by atoms with Gasteiger partial charge in [0.2, 0.25) is 5.91 Å². The van der Waals surface area contributed by atoms with Crippen LogP contribution in [0.4, 0.5) is 11.5 Å². The summed E-state index contributed by atoms with van der Waals surface area (Å²) < 4.78 is 1.69. The zero-order valence-electron chi connectivity index (χ0n) is 14.8. The van der Waals surface area contributed by atoms with Crippen LogP contribution in [0.15, 0.2) is 49.1 Å². The lowest BCUT2D eigenvalue weighted by Gasteiger charge is -2.39. The van der Waals surface area contributed by atoms with Crippen molar-refractivity contribution in [1.29, 1.82) is 0 Å². The van der Waals surface area contributed by atoms with E-state index in [1.54, 1.807) is 10.9 Å². The third-order valence-corrected chi connectivity index (χ3v) is 4.60. The zero-order chi connectivity index (χ0) is 18.1. The minimum atomic E-state index is -0.0435. The molecular weight excluding hydrogens is 328 g/mol. The molecule has 0 radical (unpaired) electrons. The van der Waals surface area contributed by atoms with Crippen LogP contribution in [0, 0.1) is 19.8 Å². The highest BCUT2D eigenvalue weighted by molar-refractivity contribution is 5.95. The number of aryl methyl sites for hydroxylation is 2. The summed E-state index contributed by atoms with van der Waals surface area (Å²) in [5.74, 6) is 1.53. The molecule has 1 fully saturated rings. The van der Waals surface area contributed by atoms with Gasteiger partial charge in [0.05, 0.1) is 5.92 Å². The van der Waals surface area contributed by atoms with Crippen LogP contribution < -0.4 is 10.2 Å². The number of nitrogens with one attached hydrogen (secondary N) is 1. The summed E-state index contributed by atoms with van der Waals surface area (Å²) in [6.07, 6.45) is 5.07. The first-order valence-electron chi connectivity index (χ1n) is 8.55. The number of carbonyl (C=O) groups excluding carboxylic acids is 1. The maximum Gasteiger partial charge on any atom is 0.231 e. The van der Waals surface area contributed by atoms with Gasteiger partial charge in [0.25, 0.3) is 0 Å². The van der Waals surface area contributed by atoms with E-state index in [-0.39, 0.29) is 11.8 Å². The second kappa shape index (κ2) is 6.59. The van der Waals surface area contributed by atoms with E-state index in [4.69, 9.17) is 0 Å². The quantitative estimate of drug-likeness (QED) is 0.783. The van der Waals surface area contributed by atoms with Crippen molar-refractivity contribution in [3.8, 4) is 5.82 Å². The molecule has 3 aromatic rings. The first kappa shape index (κ1) is 16.3. The lowest BCUT2D eigenvalue weighted by molar-refractivity contribution is -0.120. The zero-order valence-corrected chi connectivity index (χ0v) is 14.8. The van der Waals surface area contributed by atoms with Crippen molar-refractivity contribution in [3.63, 3.8) is 0 Å². The Kier molecular flexibility index (Phi) is 4.12. The molecule has 1 aliphatic rings. The molecule has 1 saturated heterocycles. The van der Waals surface area contributed by atoms with Gasteiger partial charge in [-0.15, -0.1) is 0 Å². The molecule has 3 heterocycles. The summed E-state index contributed by atoms with van der Waals surface area (Å²) in [7, 11) is 0. The number of anilines is 2. The SMILES string of the molecule is Cc1ccc(C)c(NC(=O)C2CN(c3cc(-n4cccn4)ncn3)C2)c1. The fraction of sp³-hybridized carbons (Fsp3) is 0.263. The number of amides is 1. The first-order valence-corrected chi connectivity index (χ1v) is 8.55. The average molecular weight is 348 g/mol. The number of rotatable bonds is 4. The van der Waals surface area contributed by atoms with E-state index in [2.05, 4.69) is 25.3 Å². The van der Waals surface area contributed by atoms with Crippen LogP contribution in [-0.4, -0.2) is 38.7 Å². The van der Waals surface area contributed by atoms with Gasteiger partial charge in [0, 0.05) is 37.2 Å². The minimum absolute atomic E-state index is 0.0435. The molecule has 0 aliphatic carbocycles. The van der Waals surface area contributed by atoms with Crippen molar-refractivity contribution in [1.82, 2.24) is 19.7 Å². The Morgan fingerprint density at radius 1 is 1.15 bits per heavy atom. The summed E-state index contributed by atoms with van der Waals surface area (Å²) in [6.45, 7) is 5.31. The monoisotopic (exact) mass is 348 g/mol. The van der Waals surface area contributed by atoms with Crippen LogP contribution in [0.25, 0.3) is 5.82 Å². The molecule has 0 saturated carbocycles. The maximum atomic E-state index is 12.5. The normalized spacial score (nSPS) is 14.2. The highest BCUT2D eigenvalue weighted by Gasteiger charge is 2.33.